The molecule has 0 heterocycles. The second kappa shape index (κ2) is 39.6. The average molecular weight is 1270 g/mol. The van der Waals surface area contributed by atoms with Crippen LogP contribution in [-0.4, -0.2) is 100 Å². The molecule has 2 amide bonds. The molecule has 0 atom stereocenters. The number of amides is 2. The zero-order valence-electron chi connectivity index (χ0n) is 49.3. The molecule has 0 aromatic heterocycles. The maximum absolute atomic E-state index is 12.7. The molecule has 6 rings (SSSR count). The number of rotatable bonds is 36. The minimum Gasteiger partial charge on any atom is -0.494 e. The first-order chi connectivity index (χ1) is 43.6. The van der Waals surface area contributed by atoms with Gasteiger partial charge in [0.15, 0.2) is 0 Å². The Morgan fingerprint density at radius 1 is 0.344 bits per heavy atom. The van der Waals surface area contributed by atoms with Crippen molar-refractivity contribution in [1.82, 2.24) is 0 Å². The average Bonchev–Trinajstić information content (AvgIpc) is 1.73. The molecular weight excluding hydrogens is 1200 g/mol. The third-order valence-corrected chi connectivity index (χ3v) is 12.7. The Morgan fingerprint density at radius 3 is 1.01 bits per heavy atom. The summed E-state index contributed by atoms with van der Waals surface area (Å²) >= 11 is 12.7. The number of hydrogen-bond acceptors (Lipinski definition) is 18. The molecular formula is C68H68Cl2N2O18. The number of hydrogen-bond donors (Lipinski definition) is 2. The number of ether oxygens (including phenoxy) is 10. The Hall–Kier alpha value is -10.2. The van der Waals surface area contributed by atoms with Gasteiger partial charge in [0, 0.05) is 47.2 Å². The van der Waals surface area contributed by atoms with Crippen molar-refractivity contribution < 1.29 is 85.7 Å². The summed E-state index contributed by atoms with van der Waals surface area (Å²) < 4.78 is 53.1. The Balaban J connectivity index is 0.000000327. The van der Waals surface area contributed by atoms with Gasteiger partial charge >= 0.3 is 35.8 Å². The van der Waals surface area contributed by atoms with Crippen LogP contribution in [0.3, 0.4) is 0 Å². The van der Waals surface area contributed by atoms with Crippen LogP contribution in [0.5, 0.6) is 34.5 Å². The number of unbranched alkanes of at least 4 members (excludes halogenated alkanes) is 4. The molecule has 0 unspecified atom stereocenters. The maximum Gasteiger partial charge on any atom is 0.343 e. The number of carbonyl (C=O) groups excluding carboxylic acids is 8. The Morgan fingerprint density at radius 2 is 0.667 bits per heavy atom. The Bertz CT molecular complexity index is 3160. The molecule has 90 heavy (non-hydrogen) atoms. The number of anilines is 2. The van der Waals surface area contributed by atoms with Crippen molar-refractivity contribution in [3.63, 3.8) is 0 Å². The second-order valence-electron chi connectivity index (χ2n) is 18.8. The fourth-order valence-corrected chi connectivity index (χ4v) is 7.76. The van der Waals surface area contributed by atoms with Crippen LogP contribution in [0.1, 0.15) is 92.8 Å². The highest BCUT2D eigenvalue weighted by molar-refractivity contribution is 6.34. The van der Waals surface area contributed by atoms with Crippen LogP contribution in [0, 0.1) is 0 Å². The SMILES string of the molecule is C=CC(=O)OCCCCOc1ccc(C(=O)Nc2ccc(OC(=O)c3ccc(OCCCCOC(=O)C=C)cc3)c(Cl)c2)cc1.C=CC(=O)OCCCCOc1ccc(C(=O)Nc2ccc(OC(=O)c3ccc(OCCCCOC(=O)C=C)cc3)cc2Cl)cc1. The molecule has 0 bridgehead atoms. The Kier molecular flexibility index (Phi) is 31.0. The number of halogens is 2. The smallest absolute Gasteiger partial charge is 0.343 e. The summed E-state index contributed by atoms with van der Waals surface area (Å²) in [5.41, 5.74) is 2.18. The Labute approximate surface area is 531 Å². The molecule has 20 nitrogen and oxygen atoms in total. The molecule has 0 aliphatic carbocycles. The van der Waals surface area contributed by atoms with E-state index in [0.29, 0.717) is 161 Å². The zero-order valence-corrected chi connectivity index (χ0v) is 50.8. The standard InChI is InChI=1S/2C34H34ClNO9/c1-3-31(37)43-21-7-5-19-41-27-14-9-24(10-15-27)33(39)36-26-13-18-30(29(35)23-26)45-34(40)25-11-16-28(17-12-25)42-20-6-8-22-44-32(38)4-2;1-3-31(37)43-21-7-5-19-41-26-13-9-24(10-14-26)33(39)36-30-18-17-28(23-29(30)35)45-34(40)25-11-15-27(16-12-25)42-20-6-8-22-44-32(38)4-2/h2*3-4,9-18,23H,1-2,5-8,19-22H2,(H,36,39). The third-order valence-electron chi connectivity index (χ3n) is 12.1. The van der Waals surface area contributed by atoms with Gasteiger partial charge in [0.2, 0.25) is 0 Å². The normalized spacial score (nSPS) is 10.2. The van der Waals surface area contributed by atoms with E-state index in [9.17, 15) is 38.4 Å². The van der Waals surface area contributed by atoms with E-state index in [-0.39, 0.29) is 33.4 Å². The number of benzene rings is 6. The van der Waals surface area contributed by atoms with E-state index in [2.05, 4.69) is 36.9 Å². The van der Waals surface area contributed by atoms with Crippen molar-refractivity contribution in [2.24, 2.45) is 0 Å². The summed E-state index contributed by atoms with van der Waals surface area (Å²) in [5.74, 6) is -1.03. The predicted octanol–water partition coefficient (Wildman–Crippen LogP) is 13.2. The predicted molar refractivity (Wildman–Crippen MR) is 338 cm³/mol. The van der Waals surface area contributed by atoms with Gasteiger partial charge in [0.1, 0.15) is 34.5 Å². The van der Waals surface area contributed by atoms with E-state index in [0.717, 1.165) is 24.3 Å². The van der Waals surface area contributed by atoms with Gasteiger partial charge in [-0.3, -0.25) is 9.59 Å². The number of esters is 6. The van der Waals surface area contributed by atoms with Crippen molar-refractivity contribution in [1.29, 1.82) is 0 Å². The maximum atomic E-state index is 12.7. The lowest BCUT2D eigenvalue weighted by atomic mass is 10.2. The summed E-state index contributed by atoms with van der Waals surface area (Å²) in [6.07, 6.45) is 9.85. The molecule has 0 radical (unpaired) electrons. The molecule has 22 heteroatoms. The van der Waals surface area contributed by atoms with E-state index >= 15 is 0 Å². The van der Waals surface area contributed by atoms with Crippen molar-refractivity contribution in [3.8, 4) is 34.5 Å². The molecule has 472 valence electrons. The van der Waals surface area contributed by atoms with Gasteiger partial charge in [-0.1, -0.05) is 49.5 Å². The first-order valence-corrected chi connectivity index (χ1v) is 29.1. The molecule has 0 saturated heterocycles. The summed E-state index contributed by atoms with van der Waals surface area (Å²) in [6, 6.07) is 35.3. The molecule has 0 aliphatic heterocycles. The van der Waals surface area contributed by atoms with Gasteiger partial charge in [0.05, 0.1) is 79.7 Å². The van der Waals surface area contributed by atoms with E-state index in [1.807, 2.05) is 0 Å². The van der Waals surface area contributed by atoms with Gasteiger partial charge in [-0.25, -0.2) is 28.8 Å². The summed E-state index contributed by atoms with van der Waals surface area (Å²) in [7, 11) is 0. The first-order valence-electron chi connectivity index (χ1n) is 28.3. The highest BCUT2D eigenvalue weighted by Crippen LogP contribution is 2.31. The van der Waals surface area contributed by atoms with Crippen LogP contribution in [0.15, 0.2) is 184 Å². The van der Waals surface area contributed by atoms with Crippen LogP contribution in [0.4, 0.5) is 11.4 Å². The van der Waals surface area contributed by atoms with Crippen molar-refractivity contribution >= 4 is 82.2 Å². The highest BCUT2D eigenvalue weighted by atomic mass is 35.5. The van der Waals surface area contributed by atoms with Crippen LogP contribution in [0.25, 0.3) is 0 Å². The van der Waals surface area contributed by atoms with Gasteiger partial charge in [-0.15, -0.1) is 0 Å². The first kappa shape index (κ1) is 70.6. The van der Waals surface area contributed by atoms with Crippen LogP contribution in [0.2, 0.25) is 10.0 Å². The van der Waals surface area contributed by atoms with E-state index in [1.165, 1.54) is 24.3 Å². The van der Waals surface area contributed by atoms with Gasteiger partial charge in [-0.05, 0) is 179 Å². The largest absolute Gasteiger partial charge is 0.494 e. The van der Waals surface area contributed by atoms with Crippen molar-refractivity contribution in [2.45, 2.75) is 51.4 Å². The summed E-state index contributed by atoms with van der Waals surface area (Å²) in [6.45, 7) is 16.3. The summed E-state index contributed by atoms with van der Waals surface area (Å²) in [4.78, 5) is 94.8. The minimum absolute atomic E-state index is 0.137. The van der Waals surface area contributed by atoms with Gasteiger partial charge < -0.3 is 58.0 Å². The minimum atomic E-state index is -0.609. The molecule has 6 aromatic rings. The molecule has 2 N–H and O–H groups in total. The summed E-state index contributed by atoms with van der Waals surface area (Å²) in [5, 5.41) is 5.83. The fraction of sp³-hybridized carbons (Fsp3) is 0.235. The quantitative estimate of drug-likeness (QED) is 0.0122. The van der Waals surface area contributed by atoms with Crippen molar-refractivity contribution in [3.05, 3.63) is 216 Å². The van der Waals surface area contributed by atoms with Crippen LogP contribution < -0.4 is 39.1 Å². The van der Waals surface area contributed by atoms with E-state index < -0.39 is 35.8 Å². The molecule has 0 fully saturated rings. The molecule has 0 spiro atoms. The lowest BCUT2D eigenvalue weighted by molar-refractivity contribution is -0.138. The zero-order chi connectivity index (χ0) is 64.9. The third kappa shape index (κ3) is 26.4. The molecule has 6 aromatic carbocycles. The molecule has 0 aliphatic rings. The lowest BCUT2D eigenvalue weighted by Gasteiger charge is -2.11. The van der Waals surface area contributed by atoms with Gasteiger partial charge in [0.25, 0.3) is 11.8 Å². The lowest BCUT2D eigenvalue weighted by Crippen LogP contribution is -2.12. The highest BCUT2D eigenvalue weighted by Gasteiger charge is 2.16. The molecule has 0 saturated carbocycles. The van der Waals surface area contributed by atoms with E-state index in [4.69, 9.17) is 70.6 Å². The topological polar surface area (TPSA) is 253 Å². The van der Waals surface area contributed by atoms with E-state index in [1.54, 1.807) is 109 Å². The van der Waals surface area contributed by atoms with Gasteiger partial charge in [-0.2, -0.15) is 0 Å². The van der Waals surface area contributed by atoms with Crippen LogP contribution >= 0.6 is 23.2 Å². The second-order valence-corrected chi connectivity index (χ2v) is 19.6. The van der Waals surface area contributed by atoms with Crippen LogP contribution in [-0.2, 0) is 38.1 Å². The van der Waals surface area contributed by atoms with Crippen molar-refractivity contribution in [2.75, 3.05) is 63.5 Å². The monoisotopic (exact) mass is 1270 g/mol. The fourth-order valence-electron chi connectivity index (χ4n) is 7.33. The number of nitrogens with one attached hydrogen (secondary N) is 2. The number of carbonyl (C=O) groups is 8.